The Morgan fingerprint density at radius 3 is 3.00 bits per heavy atom. The van der Waals surface area contributed by atoms with Gasteiger partial charge in [0.1, 0.15) is 6.07 Å². The van der Waals surface area contributed by atoms with Crippen LogP contribution >= 0.6 is 11.6 Å². The van der Waals surface area contributed by atoms with E-state index >= 15 is 0 Å². The summed E-state index contributed by atoms with van der Waals surface area (Å²) in [5.41, 5.74) is 2.46. The first kappa shape index (κ1) is 12.5. The molecule has 2 aromatic rings. The fourth-order valence-corrected chi connectivity index (χ4v) is 1.76. The van der Waals surface area contributed by atoms with Gasteiger partial charge in [-0.25, -0.2) is 0 Å². The van der Waals surface area contributed by atoms with Gasteiger partial charge in [-0.05, 0) is 25.1 Å². The van der Waals surface area contributed by atoms with E-state index in [9.17, 15) is 0 Å². The molecular weight excluding hydrogens is 248 g/mol. The molecule has 1 aromatic carbocycles. The van der Waals surface area contributed by atoms with Crippen molar-refractivity contribution < 1.29 is 0 Å². The summed E-state index contributed by atoms with van der Waals surface area (Å²) in [7, 11) is 0. The predicted molar refractivity (Wildman–Crippen MR) is 71.4 cm³/mol. The zero-order valence-electron chi connectivity index (χ0n) is 10.0. The molecule has 5 heteroatoms. The largest absolute Gasteiger partial charge is 0.381 e. The lowest BCUT2D eigenvalue weighted by Gasteiger charge is -2.05. The van der Waals surface area contributed by atoms with Crippen molar-refractivity contribution in [3.63, 3.8) is 0 Å². The molecule has 0 aliphatic carbocycles. The summed E-state index contributed by atoms with van der Waals surface area (Å²) in [5.74, 6) is 0. The van der Waals surface area contributed by atoms with Crippen molar-refractivity contribution in [3.8, 4) is 6.07 Å². The van der Waals surface area contributed by atoms with Crippen LogP contribution in [-0.2, 0) is 13.1 Å². The monoisotopic (exact) mass is 260 g/mol. The molecule has 0 radical (unpaired) electrons. The van der Waals surface area contributed by atoms with Crippen molar-refractivity contribution in [2.75, 3.05) is 5.32 Å². The Morgan fingerprint density at radius 1 is 1.50 bits per heavy atom. The molecule has 0 bridgehead atoms. The standard InChI is InChI=1S/C13H13ClN4/c1-2-18-9-10(8-17-18)7-16-12-3-4-13(14)11(5-12)6-15/h3-5,8-9,16H,2,7H2,1H3. The van der Waals surface area contributed by atoms with Crippen LogP contribution in [0.4, 0.5) is 5.69 Å². The third kappa shape index (κ3) is 2.82. The summed E-state index contributed by atoms with van der Waals surface area (Å²) in [6.07, 6.45) is 3.83. The molecule has 0 spiro atoms. The molecule has 2 rings (SSSR count). The Hall–Kier alpha value is -1.99. The number of aryl methyl sites for hydroxylation is 1. The third-order valence-corrected chi connectivity index (χ3v) is 2.92. The molecule has 0 amide bonds. The predicted octanol–water partition coefficient (Wildman–Crippen LogP) is 3.04. The van der Waals surface area contributed by atoms with Crippen molar-refractivity contribution in [1.29, 1.82) is 5.26 Å². The summed E-state index contributed by atoms with van der Waals surface area (Å²) >= 11 is 5.87. The fourth-order valence-electron chi connectivity index (χ4n) is 1.60. The molecule has 0 aliphatic rings. The Bertz CT molecular complexity index is 583. The van der Waals surface area contributed by atoms with Gasteiger partial charge in [-0.2, -0.15) is 10.4 Å². The highest BCUT2D eigenvalue weighted by Crippen LogP contribution is 2.20. The lowest BCUT2D eigenvalue weighted by atomic mass is 10.2. The summed E-state index contributed by atoms with van der Waals surface area (Å²) in [6.45, 7) is 3.58. The second-order valence-electron chi connectivity index (χ2n) is 3.86. The SMILES string of the molecule is CCn1cc(CNc2ccc(Cl)c(C#N)c2)cn1. The molecule has 4 nitrogen and oxygen atoms in total. The maximum Gasteiger partial charge on any atom is 0.101 e. The second-order valence-corrected chi connectivity index (χ2v) is 4.27. The van der Waals surface area contributed by atoms with Gasteiger partial charge in [0, 0.05) is 30.5 Å². The lowest BCUT2D eigenvalue weighted by Crippen LogP contribution is -1.99. The number of benzene rings is 1. The van der Waals surface area contributed by atoms with E-state index in [1.807, 2.05) is 30.1 Å². The van der Waals surface area contributed by atoms with Crippen molar-refractivity contribution in [3.05, 3.63) is 46.7 Å². The van der Waals surface area contributed by atoms with Crippen LogP contribution in [0.1, 0.15) is 18.1 Å². The minimum atomic E-state index is 0.474. The van der Waals surface area contributed by atoms with Crippen LogP contribution in [0.3, 0.4) is 0 Å². The van der Waals surface area contributed by atoms with Gasteiger partial charge in [0.25, 0.3) is 0 Å². The first-order chi connectivity index (χ1) is 8.72. The average molecular weight is 261 g/mol. The van der Waals surface area contributed by atoms with Gasteiger partial charge < -0.3 is 5.32 Å². The highest BCUT2D eigenvalue weighted by molar-refractivity contribution is 6.31. The molecule has 0 saturated carbocycles. The number of nitriles is 1. The molecule has 0 fully saturated rings. The summed E-state index contributed by atoms with van der Waals surface area (Å²) in [5, 5.41) is 16.8. The minimum absolute atomic E-state index is 0.474. The normalized spacial score (nSPS) is 10.1. The molecule has 18 heavy (non-hydrogen) atoms. The zero-order chi connectivity index (χ0) is 13.0. The van der Waals surface area contributed by atoms with E-state index in [0.717, 1.165) is 17.8 Å². The van der Waals surface area contributed by atoms with Crippen LogP contribution in [0.5, 0.6) is 0 Å². The lowest BCUT2D eigenvalue weighted by molar-refractivity contribution is 0.659. The quantitative estimate of drug-likeness (QED) is 0.919. The van der Waals surface area contributed by atoms with Crippen molar-refractivity contribution in [1.82, 2.24) is 9.78 Å². The van der Waals surface area contributed by atoms with Gasteiger partial charge in [-0.1, -0.05) is 11.6 Å². The first-order valence-corrected chi connectivity index (χ1v) is 6.05. The molecule has 0 saturated heterocycles. The van der Waals surface area contributed by atoms with Gasteiger partial charge >= 0.3 is 0 Å². The zero-order valence-corrected chi connectivity index (χ0v) is 10.8. The van der Waals surface area contributed by atoms with Crippen LogP contribution in [-0.4, -0.2) is 9.78 Å². The van der Waals surface area contributed by atoms with E-state index in [4.69, 9.17) is 16.9 Å². The summed E-state index contributed by atoms with van der Waals surface area (Å²) in [6, 6.07) is 7.38. The minimum Gasteiger partial charge on any atom is -0.381 e. The highest BCUT2D eigenvalue weighted by atomic mass is 35.5. The molecule has 92 valence electrons. The molecular formula is C13H13ClN4. The number of anilines is 1. The number of halogens is 1. The Labute approximate surface area is 111 Å². The van der Waals surface area contributed by atoms with E-state index in [1.54, 1.807) is 12.1 Å². The maximum absolute atomic E-state index is 8.89. The van der Waals surface area contributed by atoms with Crippen LogP contribution in [0.15, 0.2) is 30.6 Å². The van der Waals surface area contributed by atoms with Gasteiger partial charge in [-0.3, -0.25) is 4.68 Å². The van der Waals surface area contributed by atoms with Crippen LogP contribution in [0, 0.1) is 11.3 Å². The number of nitrogens with zero attached hydrogens (tertiary/aromatic N) is 3. The van der Waals surface area contributed by atoms with Crippen molar-refractivity contribution in [2.24, 2.45) is 0 Å². The summed E-state index contributed by atoms with van der Waals surface area (Å²) in [4.78, 5) is 0. The second kappa shape index (κ2) is 5.56. The molecule has 0 atom stereocenters. The van der Waals surface area contributed by atoms with Gasteiger partial charge in [0.15, 0.2) is 0 Å². The smallest absolute Gasteiger partial charge is 0.101 e. The molecule has 1 N–H and O–H groups in total. The Balaban J connectivity index is 2.04. The highest BCUT2D eigenvalue weighted by Gasteiger charge is 2.02. The van der Waals surface area contributed by atoms with E-state index in [2.05, 4.69) is 16.5 Å². The topological polar surface area (TPSA) is 53.6 Å². The number of rotatable bonds is 4. The van der Waals surface area contributed by atoms with Gasteiger partial charge in [-0.15, -0.1) is 0 Å². The first-order valence-electron chi connectivity index (χ1n) is 5.67. The van der Waals surface area contributed by atoms with Crippen LogP contribution < -0.4 is 5.32 Å². The van der Waals surface area contributed by atoms with Crippen molar-refractivity contribution in [2.45, 2.75) is 20.0 Å². The van der Waals surface area contributed by atoms with Gasteiger partial charge in [0.2, 0.25) is 0 Å². The van der Waals surface area contributed by atoms with E-state index < -0.39 is 0 Å². The van der Waals surface area contributed by atoms with Gasteiger partial charge in [0.05, 0.1) is 16.8 Å². The molecule has 1 heterocycles. The molecule has 1 aromatic heterocycles. The average Bonchev–Trinajstić information content (AvgIpc) is 2.86. The van der Waals surface area contributed by atoms with Crippen molar-refractivity contribution >= 4 is 17.3 Å². The van der Waals surface area contributed by atoms with Crippen LogP contribution in [0.2, 0.25) is 5.02 Å². The van der Waals surface area contributed by atoms with Crippen LogP contribution in [0.25, 0.3) is 0 Å². The molecule has 0 unspecified atom stereocenters. The Morgan fingerprint density at radius 2 is 2.33 bits per heavy atom. The summed E-state index contributed by atoms with van der Waals surface area (Å²) < 4.78 is 1.87. The van der Waals surface area contributed by atoms with E-state index in [1.165, 1.54) is 0 Å². The number of hydrogen-bond donors (Lipinski definition) is 1. The maximum atomic E-state index is 8.89. The fraction of sp³-hybridized carbons (Fsp3) is 0.231. The number of aromatic nitrogens is 2. The number of nitrogens with one attached hydrogen (secondary N) is 1. The molecule has 0 aliphatic heterocycles. The third-order valence-electron chi connectivity index (χ3n) is 2.59. The van der Waals surface area contributed by atoms with E-state index in [-0.39, 0.29) is 0 Å². The van der Waals surface area contributed by atoms with E-state index in [0.29, 0.717) is 17.1 Å². The Kier molecular flexibility index (Phi) is 3.85. The number of hydrogen-bond acceptors (Lipinski definition) is 3.